The van der Waals surface area contributed by atoms with Crippen molar-refractivity contribution in [3.8, 4) is 5.75 Å². The SMILES string of the molecule is CN[C@@H](C)C(=O)N[C@H]1CN(C(=O)c2cccnc2)c2ccccc2N(Cc2c(OC)ccc3cc(Br)ccc23)C1=O.Cl. The maximum Gasteiger partial charge on any atom is 0.259 e. The maximum atomic E-state index is 14.3. The zero-order chi connectivity index (χ0) is 29.1. The number of likely N-dealkylation sites (N-methyl/N-ethyl adjacent to an activating group) is 1. The number of carbonyl (C=O) groups is 3. The van der Waals surface area contributed by atoms with Gasteiger partial charge in [0.05, 0.1) is 43.2 Å². The largest absolute Gasteiger partial charge is 0.496 e. The van der Waals surface area contributed by atoms with Crippen molar-refractivity contribution in [2.24, 2.45) is 0 Å². The highest BCUT2D eigenvalue weighted by atomic mass is 79.9. The number of para-hydroxylation sites is 2. The van der Waals surface area contributed by atoms with E-state index in [0.29, 0.717) is 22.7 Å². The van der Waals surface area contributed by atoms with Crippen molar-refractivity contribution in [3.63, 3.8) is 0 Å². The first-order valence-electron chi connectivity index (χ1n) is 13.2. The first-order valence-corrected chi connectivity index (χ1v) is 14.0. The molecule has 5 rings (SSSR count). The van der Waals surface area contributed by atoms with Gasteiger partial charge in [-0.2, -0.15) is 0 Å². The van der Waals surface area contributed by atoms with Gasteiger partial charge in [-0.1, -0.05) is 40.2 Å². The number of aromatic nitrogens is 1. The first-order chi connectivity index (χ1) is 19.8. The lowest BCUT2D eigenvalue weighted by atomic mass is 10.0. The van der Waals surface area contributed by atoms with E-state index >= 15 is 0 Å². The summed E-state index contributed by atoms with van der Waals surface area (Å²) < 4.78 is 6.67. The van der Waals surface area contributed by atoms with Crippen LogP contribution in [0.2, 0.25) is 0 Å². The molecule has 0 radical (unpaired) electrons. The van der Waals surface area contributed by atoms with E-state index in [1.54, 1.807) is 44.3 Å². The van der Waals surface area contributed by atoms with Gasteiger partial charge in [-0.05, 0) is 67.2 Å². The minimum atomic E-state index is -1.01. The van der Waals surface area contributed by atoms with Crippen molar-refractivity contribution in [1.29, 1.82) is 0 Å². The van der Waals surface area contributed by atoms with Gasteiger partial charge in [-0.15, -0.1) is 12.4 Å². The molecule has 3 aromatic carbocycles. The van der Waals surface area contributed by atoms with Crippen molar-refractivity contribution in [2.45, 2.75) is 25.6 Å². The molecule has 0 saturated carbocycles. The van der Waals surface area contributed by atoms with E-state index < -0.39 is 12.1 Å². The summed E-state index contributed by atoms with van der Waals surface area (Å²) in [5, 5.41) is 7.69. The molecule has 42 heavy (non-hydrogen) atoms. The summed E-state index contributed by atoms with van der Waals surface area (Å²) in [5.74, 6) is -0.388. The fourth-order valence-electron chi connectivity index (χ4n) is 4.98. The second-order valence-electron chi connectivity index (χ2n) is 9.75. The number of rotatable bonds is 7. The molecule has 1 aliphatic rings. The summed E-state index contributed by atoms with van der Waals surface area (Å²) in [6.45, 7) is 1.81. The summed E-state index contributed by atoms with van der Waals surface area (Å²) in [5.41, 5.74) is 2.28. The van der Waals surface area contributed by atoms with Gasteiger partial charge in [0.15, 0.2) is 0 Å². The molecular weight excluding hydrogens is 622 g/mol. The molecule has 0 spiro atoms. The standard InChI is InChI=1S/C31H30BrN5O4.ClH/c1-19(33-2)29(38)35-25-18-37(30(39)21-7-6-14-34-16-21)27-9-5-4-8-26(27)36(31(25)40)17-24-23-12-11-22(32)15-20(23)10-13-28(24)41-3;/h4-16,19,25,33H,17-18H2,1-3H3,(H,35,38);1H/t19-,25-;/m0./s1. The average Bonchev–Trinajstić information content (AvgIpc) is 3.11. The fraction of sp³-hybridized carbons (Fsp3) is 0.226. The number of ether oxygens (including phenoxy) is 1. The van der Waals surface area contributed by atoms with Crippen LogP contribution in [-0.2, 0) is 16.1 Å². The zero-order valence-electron chi connectivity index (χ0n) is 23.3. The minimum absolute atomic E-state index is 0. The second-order valence-corrected chi connectivity index (χ2v) is 10.7. The van der Waals surface area contributed by atoms with Crippen molar-refractivity contribution >= 4 is 68.2 Å². The molecular formula is C31H31BrClN5O4. The molecule has 218 valence electrons. The van der Waals surface area contributed by atoms with Crippen molar-refractivity contribution < 1.29 is 19.1 Å². The lowest BCUT2D eigenvalue weighted by Gasteiger charge is -2.27. The smallest absolute Gasteiger partial charge is 0.259 e. The van der Waals surface area contributed by atoms with Crippen molar-refractivity contribution in [2.75, 3.05) is 30.5 Å². The minimum Gasteiger partial charge on any atom is -0.496 e. The van der Waals surface area contributed by atoms with Crippen LogP contribution in [-0.4, -0.2) is 55.5 Å². The highest BCUT2D eigenvalue weighted by molar-refractivity contribution is 9.10. The molecule has 2 heterocycles. The van der Waals surface area contributed by atoms with Crippen LogP contribution in [0.3, 0.4) is 0 Å². The van der Waals surface area contributed by atoms with E-state index in [0.717, 1.165) is 20.8 Å². The Hall–Kier alpha value is -3.99. The molecule has 0 fully saturated rings. The summed E-state index contributed by atoms with van der Waals surface area (Å²) in [6, 6.07) is 18.9. The van der Waals surface area contributed by atoms with Crippen LogP contribution in [0.5, 0.6) is 5.75 Å². The second kappa shape index (κ2) is 13.3. The Morgan fingerprint density at radius 2 is 1.86 bits per heavy atom. The Kier molecular flexibility index (Phi) is 9.82. The lowest BCUT2D eigenvalue weighted by Crippen LogP contribution is -2.55. The number of hydrogen-bond donors (Lipinski definition) is 2. The molecule has 1 aliphatic heterocycles. The molecule has 2 N–H and O–H groups in total. The molecule has 4 aromatic rings. The van der Waals surface area contributed by atoms with Crippen LogP contribution in [0, 0.1) is 0 Å². The predicted octanol–water partition coefficient (Wildman–Crippen LogP) is 4.71. The van der Waals surface area contributed by atoms with E-state index in [1.807, 2.05) is 54.6 Å². The third-order valence-corrected chi connectivity index (χ3v) is 7.77. The van der Waals surface area contributed by atoms with Gasteiger partial charge in [-0.25, -0.2) is 0 Å². The number of halogens is 2. The van der Waals surface area contributed by atoms with Gasteiger partial charge in [0.25, 0.3) is 11.8 Å². The summed E-state index contributed by atoms with van der Waals surface area (Å²) in [6.07, 6.45) is 3.09. The number of anilines is 2. The van der Waals surface area contributed by atoms with Gasteiger partial charge in [0, 0.05) is 22.4 Å². The first kappa shape index (κ1) is 31.0. The number of methoxy groups -OCH3 is 1. The van der Waals surface area contributed by atoms with Crippen LogP contribution < -0.4 is 25.2 Å². The Balaban J connectivity index is 0.00000405. The number of benzene rings is 3. The van der Waals surface area contributed by atoms with Gasteiger partial charge in [-0.3, -0.25) is 19.4 Å². The van der Waals surface area contributed by atoms with Gasteiger partial charge in [0.1, 0.15) is 11.8 Å². The number of fused-ring (bicyclic) bond motifs is 2. The molecule has 1 aromatic heterocycles. The number of carbonyl (C=O) groups excluding carboxylic acids is 3. The number of nitrogens with zero attached hydrogens (tertiary/aromatic N) is 3. The third kappa shape index (κ3) is 6.11. The zero-order valence-corrected chi connectivity index (χ0v) is 25.7. The molecule has 0 aliphatic carbocycles. The summed E-state index contributed by atoms with van der Waals surface area (Å²) in [4.78, 5) is 48.4. The quantitative estimate of drug-likeness (QED) is 0.300. The summed E-state index contributed by atoms with van der Waals surface area (Å²) >= 11 is 3.54. The molecule has 9 nitrogen and oxygen atoms in total. The Bertz CT molecular complexity index is 1620. The molecule has 3 amide bonds. The van der Waals surface area contributed by atoms with Gasteiger partial charge >= 0.3 is 0 Å². The Morgan fingerprint density at radius 3 is 2.55 bits per heavy atom. The third-order valence-electron chi connectivity index (χ3n) is 7.28. The van der Waals surface area contributed by atoms with Gasteiger partial charge in [0.2, 0.25) is 5.91 Å². The highest BCUT2D eigenvalue weighted by Crippen LogP contribution is 2.38. The van der Waals surface area contributed by atoms with Crippen LogP contribution in [0.15, 0.2) is 83.6 Å². The number of pyridine rings is 1. The number of amides is 3. The fourth-order valence-corrected chi connectivity index (χ4v) is 5.36. The molecule has 2 atom stereocenters. The van der Waals surface area contributed by atoms with Crippen LogP contribution in [0.1, 0.15) is 22.8 Å². The maximum absolute atomic E-state index is 14.3. The van der Waals surface area contributed by atoms with Crippen LogP contribution >= 0.6 is 28.3 Å². The molecule has 0 unspecified atom stereocenters. The normalized spacial score (nSPS) is 15.3. The monoisotopic (exact) mass is 651 g/mol. The van der Waals surface area contributed by atoms with E-state index in [-0.39, 0.29) is 43.2 Å². The van der Waals surface area contributed by atoms with Crippen molar-refractivity contribution in [1.82, 2.24) is 15.6 Å². The van der Waals surface area contributed by atoms with Gasteiger partial charge < -0.3 is 25.2 Å². The molecule has 0 saturated heterocycles. The van der Waals surface area contributed by atoms with E-state index in [2.05, 4.69) is 31.5 Å². The molecule has 11 heteroatoms. The van der Waals surface area contributed by atoms with Crippen LogP contribution in [0.4, 0.5) is 11.4 Å². The van der Waals surface area contributed by atoms with E-state index in [9.17, 15) is 14.4 Å². The van der Waals surface area contributed by atoms with Crippen molar-refractivity contribution in [3.05, 3.63) is 94.7 Å². The number of hydrogen-bond acceptors (Lipinski definition) is 6. The topological polar surface area (TPSA) is 104 Å². The summed E-state index contributed by atoms with van der Waals surface area (Å²) in [7, 11) is 3.27. The Labute approximate surface area is 258 Å². The van der Waals surface area contributed by atoms with E-state index in [4.69, 9.17) is 4.74 Å². The predicted molar refractivity (Wildman–Crippen MR) is 169 cm³/mol. The van der Waals surface area contributed by atoms with Crippen LogP contribution in [0.25, 0.3) is 10.8 Å². The number of nitrogens with one attached hydrogen (secondary N) is 2. The highest BCUT2D eigenvalue weighted by Gasteiger charge is 2.38. The van der Waals surface area contributed by atoms with E-state index in [1.165, 1.54) is 11.1 Å². The lowest BCUT2D eigenvalue weighted by molar-refractivity contribution is -0.128. The Morgan fingerprint density at radius 1 is 1.10 bits per heavy atom. The average molecular weight is 653 g/mol. The molecule has 0 bridgehead atoms.